The Morgan fingerprint density at radius 1 is 0.426 bits per heavy atom. The smallest absolute Gasteiger partial charge is 0.317 e. The zero-order valence-electron chi connectivity index (χ0n) is 74.2. The Morgan fingerprint density at radius 3 is 1.17 bits per heavy atom. The first-order valence-electron chi connectivity index (χ1n) is 44.9. The molecule has 4 aliphatic heterocycles. The van der Waals surface area contributed by atoms with Crippen LogP contribution in [0.5, 0.6) is 0 Å². The fraction of sp³-hybridized carbons (Fsp3) is 0.302. The third kappa shape index (κ3) is 19.4. The summed E-state index contributed by atoms with van der Waals surface area (Å²) < 4.78 is 36.4. The van der Waals surface area contributed by atoms with Crippen LogP contribution >= 0.6 is 63.7 Å². The number of carbonyl (C=O) groups excluding carboxylic acids is 3. The summed E-state index contributed by atoms with van der Waals surface area (Å²) in [7, 11) is -3.15. The molecule has 5 fully saturated rings. The molecule has 13 N–H and O–H groups in total. The minimum Gasteiger partial charge on any atom is -0.393 e. The van der Waals surface area contributed by atoms with Crippen molar-refractivity contribution in [3.05, 3.63) is 236 Å². The quantitative estimate of drug-likeness (QED) is 0.0420. The molecule has 1 atom stereocenters. The molecule has 0 spiro atoms. The maximum atomic E-state index is 12.6. The molecule has 18 heterocycles. The van der Waals surface area contributed by atoms with Crippen molar-refractivity contribution < 1.29 is 33.0 Å². The molecule has 1 saturated carbocycles. The number of hydrogen-bond acceptors (Lipinski definition) is 26. The molecule has 0 bridgehead atoms. The summed E-state index contributed by atoms with van der Waals surface area (Å²) >= 11 is 14.5. The first-order valence-corrected chi connectivity index (χ1v) is 49.6. The molecule has 698 valence electrons. The monoisotopic (exact) mass is 2100 g/mol. The summed E-state index contributed by atoms with van der Waals surface area (Å²) in [5.41, 5.74) is 51.0. The topological polar surface area (TPSA) is 479 Å². The summed E-state index contributed by atoms with van der Waals surface area (Å²) in [6, 6.07) is 39.8. The van der Waals surface area contributed by atoms with Crippen LogP contribution in [0.15, 0.2) is 214 Å². The minimum absolute atomic E-state index is 0.0132. The Labute approximate surface area is 815 Å². The van der Waals surface area contributed by atoms with E-state index in [2.05, 4.69) is 125 Å². The lowest BCUT2D eigenvalue weighted by molar-refractivity contribution is -0.143. The number of hydrogen-bond donors (Lipinski definition) is 8. The number of amides is 4. The van der Waals surface area contributed by atoms with Crippen LogP contribution in [0, 0.1) is 0 Å². The lowest BCUT2D eigenvalue weighted by Crippen LogP contribution is -2.46. The Bertz CT molecular complexity index is 7200. The van der Waals surface area contributed by atoms with Crippen LogP contribution in [-0.4, -0.2) is 227 Å². The molecule has 4 amide bonds. The fourth-order valence-corrected chi connectivity index (χ4v) is 22.0. The van der Waals surface area contributed by atoms with E-state index in [1.165, 1.54) is 0 Å². The highest BCUT2D eigenvalue weighted by Gasteiger charge is 2.42. The fourth-order valence-electron chi connectivity index (χ4n) is 17.8. The average Bonchev–Trinajstić information content (AvgIpc) is 1.52. The van der Waals surface area contributed by atoms with Crippen LogP contribution in [-0.2, 0) is 19.6 Å². The van der Waals surface area contributed by atoms with E-state index in [9.17, 15) is 27.9 Å². The van der Waals surface area contributed by atoms with Gasteiger partial charge in [0.05, 0.1) is 106 Å². The number of para-hydroxylation sites is 1. The van der Waals surface area contributed by atoms with Gasteiger partial charge in [-0.05, 0) is 196 Å². The van der Waals surface area contributed by atoms with Gasteiger partial charge in [-0.15, -0.1) is 0 Å². The van der Waals surface area contributed by atoms with Crippen LogP contribution in [0.1, 0.15) is 125 Å². The molecule has 4 saturated heterocycles. The third-order valence-corrected chi connectivity index (χ3v) is 31.1. The van der Waals surface area contributed by atoms with Crippen molar-refractivity contribution in [1.29, 1.82) is 0 Å². The molecule has 16 aromatic rings. The van der Waals surface area contributed by atoms with Crippen molar-refractivity contribution in [2.75, 3.05) is 88.4 Å². The van der Waals surface area contributed by atoms with Crippen molar-refractivity contribution in [2.24, 2.45) is 5.73 Å². The molecule has 35 nitrogen and oxygen atoms in total. The van der Waals surface area contributed by atoms with Crippen molar-refractivity contribution in [3.8, 4) is 78.3 Å². The summed E-state index contributed by atoms with van der Waals surface area (Å²) in [5, 5.41) is 40.4. The number of rotatable bonds is 17. The maximum absolute atomic E-state index is 12.6. The van der Waals surface area contributed by atoms with Gasteiger partial charge in [0.2, 0.25) is 15.9 Å². The van der Waals surface area contributed by atoms with Crippen LogP contribution in [0.25, 0.3) is 112 Å². The molecule has 40 heteroatoms. The second-order valence-corrected chi connectivity index (χ2v) is 39.8. The number of fused-ring (bicyclic) bond motifs is 5. The number of aliphatic hydroxyl groups is 2. The zero-order valence-corrected chi connectivity index (χ0v) is 81.4. The number of urea groups is 1. The van der Waals surface area contributed by atoms with Gasteiger partial charge in [-0.25, -0.2) is 37.5 Å². The third-order valence-electron chi connectivity index (χ3n) is 25.5. The van der Waals surface area contributed by atoms with E-state index in [-0.39, 0.29) is 53.4 Å². The zero-order chi connectivity index (χ0) is 94.7. The largest absolute Gasteiger partial charge is 0.393 e. The Balaban J connectivity index is 0.000000121. The van der Waals surface area contributed by atoms with Gasteiger partial charge in [-0.1, -0.05) is 66.7 Å². The number of piperidine rings is 4. The van der Waals surface area contributed by atoms with E-state index in [4.69, 9.17) is 53.7 Å². The number of likely N-dealkylation sites (tertiary alicyclic amines) is 3. The molecule has 21 rings (SSSR count). The number of anilines is 4. The Kier molecular flexibility index (Phi) is 28.0. The van der Waals surface area contributed by atoms with Gasteiger partial charge in [0.1, 0.15) is 23.3 Å². The number of nitrogen functional groups attached to an aromatic ring is 4. The Hall–Kier alpha value is -12.8. The van der Waals surface area contributed by atoms with Gasteiger partial charge in [0.15, 0.2) is 28.7 Å². The molecule has 2 aromatic carbocycles. The number of benzene rings is 2. The molecule has 14 aromatic heterocycles. The first-order chi connectivity index (χ1) is 65.9. The molecule has 0 unspecified atom stereocenters. The molecular weight excluding hydrogens is 2010 g/mol. The molecule has 0 radical (unpaired) electrons. The molecular formula is C96H98Br4N28O7S. The molecule has 136 heavy (non-hydrogen) atoms. The highest BCUT2D eigenvalue weighted by Crippen LogP contribution is 2.45. The Morgan fingerprint density at radius 2 is 0.794 bits per heavy atom. The first kappa shape index (κ1) is 93.6. The van der Waals surface area contributed by atoms with Crippen molar-refractivity contribution >= 4 is 148 Å². The average molecular weight is 2110 g/mol. The maximum Gasteiger partial charge on any atom is 0.317 e. The number of nitrogens with one attached hydrogen (secondary N) is 1. The number of pyridine rings is 6. The second kappa shape index (κ2) is 40.6. The highest BCUT2D eigenvalue weighted by molar-refractivity contribution is 9.11. The summed E-state index contributed by atoms with van der Waals surface area (Å²) in [6.45, 7) is 8.04. The van der Waals surface area contributed by atoms with Gasteiger partial charge < -0.3 is 58.9 Å². The summed E-state index contributed by atoms with van der Waals surface area (Å²) in [4.78, 5) is 88.4. The van der Waals surface area contributed by atoms with E-state index in [0.717, 1.165) is 164 Å². The predicted octanol–water partition coefficient (Wildman–Crippen LogP) is 14.2. The van der Waals surface area contributed by atoms with Crippen LogP contribution in [0.2, 0.25) is 0 Å². The van der Waals surface area contributed by atoms with E-state index < -0.39 is 28.6 Å². The van der Waals surface area contributed by atoms with E-state index in [1.807, 2.05) is 164 Å². The summed E-state index contributed by atoms with van der Waals surface area (Å²) in [5.74, 6) is 2.06. The van der Waals surface area contributed by atoms with Crippen LogP contribution in [0.3, 0.4) is 0 Å². The van der Waals surface area contributed by atoms with Gasteiger partial charge >= 0.3 is 6.03 Å². The van der Waals surface area contributed by atoms with E-state index >= 15 is 0 Å². The molecule has 1 aliphatic carbocycles. The lowest BCUT2D eigenvalue weighted by atomic mass is 9.92. The normalized spacial score (nSPS) is 15.7. The number of nitrogens with two attached hydrogens (primary N) is 5. The lowest BCUT2D eigenvalue weighted by Gasteiger charge is -2.33. The highest BCUT2D eigenvalue weighted by atomic mass is 79.9. The van der Waals surface area contributed by atoms with E-state index in [0.29, 0.717) is 128 Å². The van der Waals surface area contributed by atoms with E-state index in [1.54, 1.807) is 76.8 Å². The summed E-state index contributed by atoms with van der Waals surface area (Å²) in [6.07, 6.45) is 27.6. The number of aliphatic hydroxyl groups excluding tert-OH is 2. The van der Waals surface area contributed by atoms with Gasteiger partial charge in [-0.3, -0.25) is 39.5 Å². The number of carbonyl (C=O) groups is 3. The number of aromatic nitrogens is 18. The number of sulfonamides is 1. The number of halogens is 4. The molecule has 5 aliphatic rings. The van der Waals surface area contributed by atoms with Crippen molar-refractivity contribution in [1.82, 2.24) is 113 Å². The minimum atomic E-state index is -3.15. The number of nitrogens with zero attached hydrogens (tertiary/aromatic N) is 22. The SMILES string of the molecule is CC(C)NC(=O)N1CCC(c2nc3c(-c4ccc(-c5cccnc5)nc4)cnn3c(N)c2Br)CC1.NCC(=O)N1CCC(c2nc3c(-c4ccc(-c5cccnc5)nc4)cnn3c(N)c2Br)CC1.Nc1c(Br)c(C2CCN(C(=O)[C@H](O)CO)CC2)nc2c(-c3cnc4ccccc4c3)cnn12.Nc1c(Br)c(C2CCN(S(=O)(=O)C3CC3)CC2)nc2c(-c3ccc(-c4ccccc4)nc3)cnn12. The van der Waals surface area contributed by atoms with Crippen molar-refractivity contribution in [2.45, 2.75) is 119 Å². The van der Waals surface area contributed by atoms with Gasteiger partial charge in [0.25, 0.3) is 5.91 Å². The van der Waals surface area contributed by atoms with Gasteiger partial charge in [-0.2, -0.15) is 38.5 Å². The van der Waals surface area contributed by atoms with Gasteiger partial charge in [0, 0.05) is 198 Å². The predicted molar refractivity (Wildman–Crippen MR) is 535 cm³/mol. The van der Waals surface area contributed by atoms with Crippen LogP contribution in [0.4, 0.5) is 28.1 Å². The van der Waals surface area contributed by atoms with Crippen LogP contribution < -0.4 is 34.0 Å². The standard InChI is InChI=1S/C25H27BrN8O.C25H25BrN6O2S.C23H23BrN8O.C23H23BrN6O3/c1-15(2)31-25(35)33-10-7-16(8-11-33)22-21(26)23(27)34-24(32-22)19(14-30-34)17-5-6-20(29-13-17)18-4-3-9-28-12-18;26-22-23(17-10-12-31(13-11-17)35(33,34)19-7-8-19)30-25-20(15-29-32(25)24(22)27)18-6-9-21(28-14-18)16-4-2-1-3-5-16;24-20-21(14-5-8-31(9-6-14)19(33)10-25)30-23-17(13-29-32(23)22(20)26)15-3-4-18(28-12-15)16-2-1-7-27-11-16;24-19-20(13-5-7-29(8-6-13)23(33)18(32)12-31)28-22-16(11-27-30(22)21(19)25)15-9-14-3-1-2-4-17(14)26-10-15/h3-6,9,12-16H,7-8,10-11,27H2,1-2H3,(H,31,35);1-6,9,14-15,17,19H,7-8,10-13,27H2;1-4,7,11-14H,5-6,8-10,25-26H2;1-4,9-11,13,18,31-32H,5-8,12,25H2/t;;;18-/m...1/s1. The second-order valence-electron chi connectivity index (χ2n) is 34.5. The van der Waals surface area contributed by atoms with Crippen molar-refractivity contribution in [3.63, 3.8) is 0 Å².